The summed E-state index contributed by atoms with van der Waals surface area (Å²) >= 11 is 0. The van der Waals surface area contributed by atoms with Gasteiger partial charge in [0, 0.05) is 32.0 Å². The number of fused-ring (bicyclic) bond motifs is 1. The van der Waals surface area contributed by atoms with Gasteiger partial charge in [-0.15, -0.1) is 0 Å². The van der Waals surface area contributed by atoms with Gasteiger partial charge in [-0.3, -0.25) is 14.8 Å². The van der Waals surface area contributed by atoms with Gasteiger partial charge in [-0.05, 0) is 25.5 Å². The van der Waals surface area contributed by atoms with E-state index >= 15 is 0 Å². The molecule has 1 atom stereocenters. The molecule has 0 bridgehead atoms. The van der Waals surface area contributed by atoms with E-state index in [9.17, 15) is 4.79 Å². The quantitative estimate of drug-likeness (QED) is 0.900. The highest BCUT2D eigenvalue weighted by molar-refractivity contribution is 6.04. The molecule has 1 unspecified atom stereocenters. The maximum atomic E-state index is 12.4. The summed E-state index contributed by atoms with van der Waals surface area (Å²) in [6, 6.07) is 5.54. The van der Waals surface area contributed by atoms with Gasteiger partial charge < -0.3 is 10.6 Å². The third kappa shape index (κ3) is 3.06. The van der Waals surface area contributed by atoms with Gasteiger partial charge >= 0.3 is 0 Å². The SMILES string of the molecule is CC(N)CCN(C)C(=O)c1cccc2nccnc12. The fourth-order valence-corrected chi connectivity index (χ4v) is 1.87. The number of para-hydroxylation sites is 1. The summed E-state index contributed by atoms with van der Waals surface area (Å²) in [5, 5.41) is 0. The molecule has 2 aromatic rings. The van der Waals surface area contributed by atoms with Gasteiger partial charge in [-0.1, -0.05) is 6.07 Å². The maximum Gasteiger partial charge on any atom is 0.255 e. The molecule has 2 rings (SSSR count). The number of hydrogen-bond acceptors (Lipinski definition) is 4. The van der Waals surface area contributed by atoms with Crippen molar-refractivity contribution in [3.63, 3.8) is 0 Å². The summed E-state index contributed by atoms with van der Waals surface area (Å²) in [6.45, 7) is 2.56. The maximum absolute atomic E-state index is 12.4. The monoisotopic (exact) mass is 258 g/mol. The molecular weight excluding hydrogens is 240 g/mol. The first-order chi connectivity index (χ1) is 9.09. The highest BCUT2D eigenvalue weighted by Crippen LogP contribution is 2.15. The van der Waals surface area contributed by atoms with E-state index in [4.69, 9.17) is 5.73 Å². The van der Waals surface area contributed by atoms with Crippen LogP contribution in [0.1, 0.15) is 23.7 Å². The van der Waals surface area contributed by atoms with E-state index in [1.165, 1.54) is 0 Å². The number of nitrogens with zero attached hydrogens (tertiary/aromatic N) is 3. The van der Waals surface area contributed by atoms with Crippen LogP contribution < -0.4 is 5.73 Å². The standard InChI is InChI=1S/C14H18N4O/c1-10(15)6-9-18(2)14(19)11-4-3-5-12-13(11)17-8-7-16-12/h3-5,7-8,10H,6,9,15H2,1-2H3. The van der Waals surface area contributed by atoms with Crippen LogP contribution >= 0.6 is 0 Å². The van der Waals surface area contributed by atoms with Crippen LogP contribution in [-0.4, -0.2) is 40.4 Å². The fraction of sp³-hybridized carbons (Fsp3) is 0.357. The van der Waals surface area contributed by atoms with Crippen molar-refractivity contribution < 1.29 is 4.79 Å². The number of hydrogen-bond donors (Lipinski definition) is 1. The first-order valence-electron chi connectivity index (χ1n) is 6.30. The summed E-state index contributed by atoms with van der Waals surface area (Å²) in [6.07, 6.45) is 4.00. The second-order valence-electron chi connectivity index (χ2n) is 4.72. The zero-order chi connectivity index (χ0) is 13.8. The van der Waals surface area contributed by atoms with Crippen LogP contribution in [-0.2, 0) is 0 Å². The lowest BCUT2D eigenvalue weighted by Gasteiger charge is -2.18. The van der Waals surface area contributed by atoms with Crippen molar-refractivity contribution in [2.24, 2.45) is 5.73 Å². The minimum absolute atomic E-state index is 0.0493. The van der Waals surface area contributed by atoms with Crippen molar-refractivity contribution in [2.45, 2.75) is 19.4 Å². The molecule has 5 heteroatoms. The lowest BCUT2D eigenvalue weighted by Crippen LogP contribution is -2.31. The molecule has 19 heavy (non-hydrogen) atoms. The van der Waals surface area contributed by atoms with E-state index < -0.39 is 0 Å². The Balaban J connectivity index is 2.26. The lowest BCUT2D eigenvalue weighted by molar-refractivity contribution is 0.0793. The number of rotatable bonds is 4. The van der Waals surface area contributed by atoms with Gasteiger partial charge in [0.15, 0.2) is 0 Å². The van der Waals surface area contributed by atoms with Gasteiger partial charge in [0.05, 0.1) is 11.1 Å². The Morgan fingerprint density at radius 3 is 2.84 bits per heavy atom. The predicted molar refractivity (Wildman–Crippen MR) is 74.8 cm³/mol. The summed E-state index contributed by atoms with van der Waals surface area (Å²) in [7, 11) is 1.78. The second kappa shape index (κ2) is 5.75. The Hall–Kier alpha value is -2.01. The van der Waals surface area contributed by atoms with E-state index in [2.05, 4.69) is 9.97 Å². The zero-order valence-electron chi connectivity index (χ0n) is 11.2. The predicted octanol–water partition coefficient (Wildman–Crippen LogP) is 1.44. The summed E-state index contributed by atoms with van der Waals surface area (Å²) in [5.74, 6) is -0.0493. The normalized spacial score (nSPS) is 12.4. The molecule has 1 aromatic carbocycles. The van der Waals surface area contributed by atoms with Crippen molar-refractivity contribution in [3.8, 4) is 0 Å². The number of benzene rings is 1. The lowest BCUT2D eigenvalue weighted by atomic mass is 10.1. The molecule has 0 saturated carbocycles. The van der Waals surface area contributed by atoms with Crippen molar-refractivity contribution in [3.05, 3.63) is 36.2 Å². The van der Waals surface area contributed by atoms with E-state index in [1.54, 1.807) is 30.4 Å². The number of carbonyl (C=O) groups excluding carboxylic acids is 1. The third-order valence-corrected chi connectivity index (χ3v) is 3.00. The molecule has 0 aliphatic heterocycles. The molecule has 1 heterocycles. The van der Waals surface area contributed by atoms with Crippen LogP contribution in [0.15, 0.2) is 30.6 Å². The number of amides is 1. The Labute approximate surface area is 112 Å². The zero-order valence-corrected chi connectivity index (χ0v) is 11.2. The third-order valence-electron chi connectivity index (χ3n) is 3.00. The van der Waals surface area contributed by atoms with Crippen LogP contribution in [0, 0.1) is 0 Å². The first-order valence-corrected chi connectivity index (χ1v) is 6.30. The molecular formula is C14H18N4O. The highest BCUT2D eigenvalue weighted by Gasteiger charge is 2.15. The Bertz CT molecular complexity index is 577. The van der Waals surface area contributed by atoms with Crippen LogP contribution in [0.4, 0.5) is 0 Å². The minimum atomic E-state index is -0.0493. The fourth-order valence-electron chi connectivity index (χ4n) is 1.87. The van der Waals surface area contributed by atoms with E-state index in [-0.39, 0.29) is 11.9 Å². The molecule has 1 aromatic heterocycles. The van der Waals surface area contributed by atoms with Crippen molar-refractivity contribution in [1.29, 1.82) is 0 Å². The minimum Gasteiger partial charge on any atom is -0.342 e. The number of aromatic nitrogens is 2. The Kier molecular flexibility index (Phi) is 4.06. The molecule has 0 saturated heterocycles. The van der Waals surface area contributed by atoms with Gasteiger partial charge in [0.25, 0.3) is 5.91 Å². The van der Waals surface area contributed by atoms with Gasteiger partial charge in [-0.2, -0.15) is 0 Å². The summed E-state index contributed by atoms with van der Waals surface area (Å²) in [4.78, 5) is 22.5. The molecule has 0 fully saturated rings. The van der Waals surface area contributed by atoms with Gasteiger partial charge in [-0.25, -0.2) is 0 Å². The molecule has 0 aliphatic rings. The summed E-state index contributed by atoms with van der Waals surface area (Å²) in [5.41, 5.74) is 7.66. The summed E-state index contributed by atoms with van der Waals surface area (Å²) < 4.78 is 0. The average molecular weight is 258 g/mol. The van der Waals surface area contributed by atoms with E-state index in [1.807, 2.05) is 19.1 Å². The van der Waals surface area contributed by atoms with Crippen LogP contribution in [0.25, 0.3) is 11.0 Å². The highest BCUT2D eigenvalue weighted by atomic mass is 16.2. The van der Waals surface area contributed by atoms with Crippen molar-refractivity contribution in [2.75, 3.05) is 13.6 Å². The average Bonchev–Trinajstić information content (AvgIpc) is 2.43. The Morgan fingerprint density at radius 2 is 2.11 bits per heavy atom. The number of nitrogens with two attached hydrogens (primary N) is 1. The smallest absolute Gasteiger partial charge is 0.255 e. The molecule has 0 aliphatic carbocycles. The molecule has 100 valence electrons. The molecule has 5 nitrogen and oxygen atoms in total. The van der Waals surface area contributed by atoms with Crippen LogP contribution in [0.3, 0.4) is 0 Å². The second-order valence-corrected chi connectivity index (χ2v) is 4.72. The molecule has 2 N–H and O–H groups in total. The number of carbonyl (C=O) groups is 1. The van der Waals surface area contributed by atoms with Crippen LogP contribution in [0.2, 0.25) is 0 Å². The molecule has 0 spiro atoms. The van der Waals surface area contributed by atoms with Crippen molar-refractivity contribution in [1.82, 2.24) is 14.9 Å². The van der Waals surface area contributed by atoms with Crippen LogP contribution in [0.5, 0.6) is 0 Å². The molecule has 1 amide bonds. The van der Waals surface area contributed by atoms with E-state index in [0.29, 0.717) is 17.6 Å². The van der Waals surface area contributed by atoms with E-state index in [0.717, 1.165) is 11.9 Å². The van der Waals surface area contributed by atoms with Gasteiger partial charge in [0.2, 0.25) is 0 Å². The van der Waals surface area contributed by atoms with Gasteiger partial charge in [0.1, 0.15) is 5.52 Å². The van der Waals surface area contributed by atoms with Crippen molar-refractivity contribution >= 4 is 16.9 Å². The largest absolute Gasteiger partial charge is 0.342 e. The topological polar surface area (TPSA) is 72.1 Å². The molecule has 0 radical (unpaired) electrons. The first kappa shape index (κ1) is 13.4. The Morgan fingerprint density at radius 1 is 1.37 bits per heavy atom.